The molecule has 0 saturated heterocycles. The Balaban J connectivity index is 1.89. The minimum atomic E-state index is -0.194. The zero-order valence-electron chi connectivity index (χ0n) is 12.5. The number of imidazole rings is 1. The summed E-state index contributed by atoms with van der Waals surface area (Å²) in [6, 6.07) is 3.32. The van der Waals surface area contributed by atoms with E-state index in [1.165, 1.54) is 11.2 Å². The van der Waals surface area contributed by atoms with Crippen molar-refractivity contribution in [2.45, 2.75) is 19.9 Å². The summed E-state index contributed by atoms with van der Waals surface area (Å²) in [5.74, 6) is 0.578. The largest absolute Gasteiger partial charge is 0.478 e. The molecule has 0 radical (unpaired) electrons. The molecule has 2 aromatic rings. The molecule has 1 aliphatic rings. The summed E-state index contributed by atoms with van der Waals surface area (Å²) in [7, 11) is 0. The number of amides is 1. The lowest BCUT2D eigenvalue weighted by atomic mass is 10.1. The summed E-state index contributed by atoms with van der Waals surface area (Å²) in [5.41, 5.74) is 1.39. The second-order valence-corrected chi connectivity index (χ2v) is 4.87. The Morgan fingerprint density at radius 2 is 2.30 bits per heavy atom. The van der Waals surface area contributed by atoms with Gasteiger partial charge in [-0.1, -0.05) is 0 Å². The van der Waals surface area contributed by atoms with Crippen LogP contribution in [0, 0.1) is 0 Å². The Morgan fingerprint density at radius 3 is 3.00 bits per heavy atom. The van der Waals surface area contributed by atoms with Crippen molar-refractivity contribution in [1.29, 1.82) is 0 Å². The van der Waals surface area contributed by atoms with Crippen molar-refractivity contribution >= 4 is 23.7 Å². The number of carbonyl (C=O) groups is 2. The smallest absolute Gasteiger partial charge is 0.215 e. The number of ether oxygens (including phenoxy) is 1. The first-order valence-electron chi connectivity index (χ1n) is 7.15. The lowest BCUT2D eigenvalue weighted by Gasteiger charge is -2.22. The predicted molar refractivity (Wildman–Crippen MR) is 81.6 cm³/mol. The SMILES string of the molecule is CCOc1ccc2c(n1)C(=O)CC(N(C=O)Cc1c[nH]cn1)=N2. The predicted octanol–water partition coefficient (Wildman–Crippen LogP) is 1.48. The van der Waals surface area contributed by atoms with Gasteiger partial charge >= 0.3 is 0 Å². The van der Waals surface area contributed by atoms with E-state index in [0.29, 0.717) is 36.1 Å². The second kappa shape index (κ2) is 6.39. The third-order valence-corrected chi connectivity index (χ3v) is 3.32. The summed E-state index contributed by atoms with van der Waals surface area (Å²) < 4.78 is 5.30. The monoisotopic (exact) mass is 313 g/mol. The number of hydrogen-bond acceptors (Lipinski definition) is 6. The second-order valence-electron chi connectivity index (χ2n) is 4.87. The molecule has 0 atom stereocenters. The Hall–Kier alpha value is -3.03. The van der Waals surface area contributed by atoms with Gasteiger partial charge in [-0.3, -0.25) is 14.5 Å². The van der Waals surface area contributed by atoms with Gasteiger partial charge in [0.05, 0.1) is 37.3 Å². The molecule has 0 spiro atoms. The van der Waals surface area contributed by atoms with Gasteiger partial charge in [0.15, 0.2) is 5.78 Å². The van der Waals surface area contributed by atoms with Gasteiger partial charge in [-0.2, -0.15) is 0 Å². The molecular weight excluding hydrogens is 298 g/mol. The van der Waals surface area contributed by atoms with Crippen LogP contribution >= 0.6 is 0 Å². The average Bonchev–Trinajstić information content (AvgIpc) is 3.06. The van der Waals surface area contributed by atoms with Crippen molar-refractivity contribution in [1.82, 2.24) is 19.9 Å². The molecule has 0 saturated carbocycles. The molecule has 0 fully saturated rings. The highest BCUT2D eigenvalue weighted by Crippen LogP contribution is 2.27. The highest BCUT2D eigenvalue weighted by Gasteiger charge is 2.25. The number of pyridine rings is 1. The molecule has 2 aromatic heterocycles. The highest BCUT2D eigenvalue weighted by atomic mass is 16.5. The molecule has 3 rings (SSSR count). The number of carbonyl (C=O) groups excluding carboxylic acids is 2. The van der Waals surface area contributed by atoms with Crippen LogP contribution in [0.5, 0.6) is 5.88 Å². The number of Topliss-reactive ketones (excluding diaryl/α,β-unsaturated/α-hetero) is 1. The van der Waals surface area contributed by atoms with Crippen molar-refractivity contribution < 1.29 is 14.3 Å². The Morgan fingerprint density at radius 1 is 1.43 bits per heavy atom. The van der Waals surface area contributed by atoms with E-state index < -0.39 is 0 Å². The molecule has 8 heteroatoms. The number of H-pyrrole nitrogens is 1. The van der Waals surface area contributed by atoms with E-state index in [0.717, 1.165) is 0 Å². The van der Waals surface area contributed by atoms with Gasteiger partial charge in [-0.25, -0.2) is 15.0 Å². The molecule has 118 valence electrons. The highest BCUT2D eigenvalue weighted by molar-refractivity contribution is 6.15. The Bertz CT molecular complexity index is 754. The van der Waals surface area contributed by atoms with Gasteiger partial charge in [0.25, 0.3) is 0 Å². The zero-order chi connectivity index (χ0) is 16.2. The Labute approximate surface area is 132 Å². The van der Waals surface area contributed by atoms with E-state index in [4.69, 9.17) is 4.74 Å². The normalized spacial score (nSPS) is 13.3. The standard InChI is InChI=1S/C15H15N5O3/c1-2-23-14-4-3-11-15(19-14)12(22)5-13(18-11)20(9-21)7-10-6-16-8-17-10/h3-4,6,8-9H,2,5,7H2,1H3,(H,16,17). The molecule has 0 aliphatic carbocycles. The summed E-state index contributed by atoms with van der Waals surface area (Å²) in [5, 5.41) is 0. The first kappa shape index (κ1) is 14.9. The molecule has 23 heavy (non-hydrogen) atoms. The number of aliphatic imine (C=N–C) groups is 1. The van der Waals surface area contributed by atoms with E-state index in [2.05, 4.69) is 19.9 Å². The van der Waals surface area contributed by atoms with Gasteiger partial charge in [0.1, 0.15) is 11.5 Å². The fourth-order valence-corrected chi connectivity index (χ4v) is 2.27. The molecule has 1 amide bonds. The number of nitrogens with zero attached hydrogens (tertiary/aromatic N) is 4. The maximum Gasteiger partial charge on any atom is 0.215 e. The van der Waals surface area contributed by atoms with Gasteiger partial charge < -0.3 is 9.72 Å². The van der Waals surface area contributed by atoms with Crippen LogP contribution < -0.4 is 4.74 Å². The van der Waals surface area contributed by atoms with Crippen molar-refractivity contribution in [3.05, 3.63) is 36.0 Å². The number of amidine groups is 1. The van der Waals surface area contributed by atoms with E-state index in [1.54, 1.807) is 18.3 Å². The molecule has 0 bridgehead atoms. The van der Waals surface area contributed by atoms with Crippen molar-refractivity contribution in [3.63, 3.8) is 0 Å². The van der Waals surface area contributed by atoms with Crippen LogP contribution in [0.3, 0.4) is 0 Å². The number of nitrogens with one attached hydrogen (secondary N) is 1. The minimum absolute atomic E-state index is 0.0126. The van der Waals surface area contributed by atoms with Crippen molar-refractivity contribution in [2.75, 3.05) is 6.61 Å². The molecule has 3 heterocycles. The van der Waals surface area contributed by atoms with Gasteiger partial charge in [-0.05, 0) is 13.0 Å². The van der Waals surface area contributed by atoms with Crippen molar-refractivity contribution in [2.24, 2.45) is 4.99 Å². The molecule has 1 N–H and O–H groups in total. The lowest BCUT2D eigenvalue weighted by Crippen LogP contribution is -2.33. The van der Waals surface area contributed by atoms with E-state index >= 15 is 0 Å². The number of aromatic amines is 1. The van der Waals surface area contributed by atoms with Crippen LogP contribution in [0.2, 0.25) is 0 Å². The topological polar surface area (TPSA) is 101 Å². The third kappa shape index (κ3) is 3.10. The molecule has 8 nitrogen and oxygen atoms in total. The van der Waals surface area contributed by atoms with Gasteiger partial charge in [0, 0.05) is 12.3 Å². The number of ketones is 1. The summed E-state index contributed by atoms with van der Waals surface area (Å²) in [4.78, 5) is 40.5. The quantitative estimate of drug-likeness (QED) is 0.843. The lowest BCUT2D eigenvalue weighted by molar-refractivity contribution is -0.115. The maximum absolute atomic E-state index is 12.3. The number of rotatable bonds is 5. The average molecular weight is 313 g/mol. The molecular formula is C15H15N5O3. The van der Waals surface area contributed by atoms with Gasteiger partial charge in [0.2, 0.25) is 12.3 Å². The van der Waals surface area contributed by atoms with E-state index in [1.807, 2.05) is 6.92 Å². The summed E-state index contributed by atoms with van der Waals surface area (Å²) >= 11 is 0. The number of hydrogen-bond donors (Lipinski definition) is 1. The van der Waals surface area contributed by atoms with Crippen LogP contribution in [0.1, 0.15) is 29.5 Å². The summed E-state index contributed by atoms with van der Waals surface area (Å²) in [6.45, 7) is 2.56. The maximum atomic E-state index is 12.3. The molecule has 0 aromatic carbocycles. The third-order valence-electron chi connectivity index (χ3n) is 3.32. The van der Waals surface area contributed by atoms with E-state index in [-0.39, 0.29) is 24.4 Å². The van der Waals surface area contributed by atoms with Crippen LogP contribution in [0.25, 0.3) is 0 Å². The Kier molecular flexibility index (Phi) is 4.13. The number of fused-ring (bicyclic) bond motifs is 1. The van der Waals surface area contributed by atoms with Crippen LogP contribution in [0.4, 0.5) is 5.69 Å². The van der Waals surface area contributed by atoms with Crippen LogP contribution in [-0.4, -0.2) is 44.5 Å². The van der Waals surface area contributed by atoms with E-state index in [9.17, 15) is 9.59 Å². The van der Waals surface area contributed by atoms with Crippen molar-refractivity contribution in [3.8, 4) is 5.88 Å². The number of aromatic nitrogens is 3. The first-order valence-corrected chi connectivity index (χ1v) is 7.15. The summed E-state index contributed by atoms with van der Waals surface area (Å²) in [6.07, 6.45) is 3.87. The minimum Gasteiger partial charge on any atom is -0.478 e. The molecule has 0 unspecified atom stereocenters. The fourth-order valence-electron chi connectivity index (χ4n) is 2.27. The fraction of sp³-hybridized carbons (Fsp3) is 0.267. The first-order chi connectivity index (χ1) is 11.2. The molecule has 1 aliphatic heterocycles. The zero-order valence-corrected chi connectivity index (χ0v) is 12.5. The van der Waals surface area contributed by atoms with Crippen LogP contribution in [-0.2, 0) is 11.3 Å². The van der Waals surface area contributed by atoms with Gasteiger partial charge in [-0.15, -0.1) is 0 Å². The van der Waals surface area contributed by atoms with Crippen LogP contribution in [0.15, 0.2) is 29.6 Å².